The molecule has 3 N–H and O–H groups in total. The molecular formula is C26H32N4O5. The number of benzene rings is 2. The van der Waals surface area contributed by atoms with Gasteiger partial charge < -0.3 is 34.0 Å². The molecule has 1 aromatic heterocycles. The van der Waals surface area contributed by atoms with E-state index in [-0.39, 0.29) is 18.1 Å². The minimum atomic E-state index is 0.0204. The van der Waals surface area contributed by atoms with E-state index in [1.807, 2.05) is 38.2 Å². The number of likely N-dealkylation sites (tertiary alicyclic amines) is 1. The number of hydrogen-bond acceptors (Lipinski definition) is 8. The summed E-state index contributed by atoms with van der Waals surface area (Å²) in [5.74, 6) is 1.78. The maximum Gasteiger partial charge on any atom is 0.221 e. The summed E-state index contributed by atoms with van der Waals surface area (Å²) in [5, 5.41) is 12.9. The van der Waals surface area contributed by atoms with Crippen molar-refractivity contribution in [3.05, 3.63) is 47.2 Å². The quantitative estimate of drug-likeness (QED) is 0.334. The van der Waals surface area contributed by atoms with Crippen LogP contribution in [0, 0.1) is 19.3 Å². The Balaban J connectivity index is 1.28. The van der Waals surface area contributed by atoms with Crippen LogP contribution < -0.4 is 19.5 Å². The van der Waals surface area contributed by atoms with Gasteiger partial charge in [-0.05, 0) is 43.7 Å². The zero-order valence-corrected chi connectivity index (χ0v) is 20.6. The van der Waals surface area contributed by atoms with Crippen molar-refractivity contribution in [2.75, 3.05) is 52.5 Å². The van der Waals surface area contributed by atoms with Gasteiger partial charge in [-0.2, -0.15) is 0 Å². The van der Waals surface area contributed by atoms with E-state index < -0.39 is 0 Å². The molecule has 0 spiro atoms. The topological polar surface area (TPSA) is 101 Å². The summed E-state index contributed by atoms with van der Waals surface area (Å²) in [6.07, 6.45) is 0.327. The summed E-state index contributed by atoms with van der Waals surface area (Å²) < 4.78 is 28.7. The Bertz CT molecular complexity index is 1230. The summed E-state index contributed by atoms with van der Waals surface area (Å²) >= 11 is 0. The lowest BCUT2D eigenvalue weighted by Gasteiger charge is -2.19. The lowest BCUT2D eigenvalue weighted by molar-refractivity contribution is 0.0140. The molecule has 3 heterocycles. The Labute approximate surface area is 204 Å². The lowest BCUT2D eigenvalue weighted by Crippen LogP contribution is -2.28. The molecule has 0 radical (unpaired) electrons. The highest BCUT2D eigenvalue weighted by atomic mass is 16.7. The Kier molecular flexibility index (Phi) is 6.55. The molecule has 2 aromatic carbocycles. The van der Waals surface area contributed by atoms with Crippen LogP contribution in [0.1, 0.15) is 16.8 Å². The van der Waals surface area contributed by atoms with Gasteiger partial charge in [0.1, 0.15) is 31.4 Å². The predicted octanol–water partition coefficient (Wildman–Crippen LogP) is 3.68. The van der Waals surface area contributed by atoms with E-state index in [2.05, 4.69) is 22.1 Å². The molecule has 2 atom stereocenters. The fourth-order valence-corrected chi connectivity index (χ4v) is 4.72. The molecule has 186 valence electrons. The second kappa shape index (κ2) is 9.77. The van der Waals surface area contributed by atoms with E-state index in [9.17, 15) is 0 Å². The van der Waals surface area contributed by atoms with Crippen molar-refractivity contribution in [3.63, 3.8) is 0 Å². The van der Waals surface area contributed by atoms with Gasteiger partial charge in [-0.1, -0.05) is 0 Å². The van der Waals surface area contributed by atoms with Crippen molar-refractivity contribution >= 4 is 22.5 Å². The number of hydrogen-bond donors (Lipinski definition) is 3. The van der Waals surface area contributed by atoms with E-state index in [1.54, 1.807) is 13.2 Å². The van der Waals surface area contributed by atoms with Gasteiger partial charge in [0.05, 0.1) is 18.4 Å². The van der Waals surface area contributed by atoms with Gasteiger partial charge in [0.2, 0.25) is 5.90 Å². The van der Waals surface area contributed by atoms with Crippen LogP contribution in [-0.4, -0.2) is 75.2 Å². The van der Waals surface area contributed by atoms with Crippen molar-refractivity contribution in [2.45, 2.75) is 26.1 Å². The van der Waals surface area contributed by atoms with E-state index in [0.29, 0.717) is 36.2 Å². The maximum atomic E-state index is 8.64. The number of aromatic amines is 1. The number of aryl methyl sites for hydroxylation is 2. The molecule has 3 aromatic rings. The molecule has 0 saturated carbocycles. The Morgan fingerprint density at radius 2 is 1.91 bits per heavy atom. The van der Waals surface area contributed by atoms with Crippen LogP contribution in [-0.2, 0) is 9.47 Å². The maximum absolute atomic E-state index is 8.64. The number of rotatable bonds is 8. The predicted molar refractivity (Wildman–Crippen MR) is 134 cm³/mol. The van der Waals surface area contributed by atoms with Crippen LogP contribution in [0.3, 0.4) is 0 Å². The number of ether oxygens (including phenoxy) is 5. The van der Waals surface area contributed by atoms with Gasteiger partial charge in [0, 0.05) is 49.3 Å². The highest BCUT2D eigenvalue weighted by Crippen LogP contribution is 2.35. The van der Waals surface area contributed by atoms with Crippen LogP contribution in [0.25, 0.3) is 10.9 Å². The van der Waals surface area contributed by atoms with Gasteiger partial charge in [-0.15, -0.1) is 0 Å². The number of methoxy groups -OCH3 is 1. The fourth-order valence-electron chi connectivity index (χ4n) is 4.72. The molecule has 9 heteroatoms. The summed E-state index contributed by atoms with van der Waals surface area (Å²) in [7, 11) is 3.40. The number of fused-ring (bicyclic) bond motifs is 2. The number of aromatic nitrogens is 1. The summed E-state index contributed by atoms with van der Waals surface area (Å²) in [4.78, 5) is 5.64. The van der Waals surface area contributed by atoms with Crippen molar-refractivity contribution < 1.29 is 23.7 Å². The smallest absolute Gasteiger partial charge is 0.221 e. The van der Waals surface area contributed by atoms with Gasteiger partial charge in [-0.3, -0.25) is 10.3 Å². The highest BCUT2D eigenvalue weighted by molar-refractivity contribution is 6.00. The monoisotopic (exact) mass is 480 g/mol. The first-order chi connectivity index (χ1) is 17.0. The highest BCUT2D eigenvalue weighted by Gasteiger charge is 2.38. The number of H-pyrrole nitrogens is 1. The van der Waals surface area contributed by atoms with Crippen molar-refractivity contribution in [3.8, 4) is 17.2 Å². The third-order valence-corrected chi connectivity index (χ3v) is 6.84. The molecular weight excluding hydrogens is 448 g/mol. The molecule has 2 aliphatic heterocycles. The molecule has 9 nitrogen and oxygen atoms in total. The van der Waals surface area contributed by atoms with Crippen LogP contribution in [0.15, 0.2) is 30.3 Å². The average molecular weight is 481 g/mol. The SMILES string of the molecule is CNc1cc(OCCN2CC3OCOC3C2)c(OC)cc1C(=N)Oc1ccc2[nH]c(C)c(C)c2c1. The van der Waals surface area contributed by atoms with E-state index in [4.69, 9.17) is 29.1 Å². The average Bonchev–Trinajstić information content (AvgIpc) is 3.53. The van der Waals surface area contributed by atoms with Gasteiger partial charge >= 0.3 is 0 Å². The molecule has 5 rings (SSSR count). The van der Waals surface area contributed by atoms with Crippen molar-refractivity contribution in [2.24, 2.45) is 0 Å². The fraction of sp³-hybridized carbons (Fsp3) is 0.423. The van der Waals surface area contributed by atoms with E-state index in [0.717, 1.165) is 41.9 Å². The van der Waals surface area contributed by atoms with Crippen LogP contribution in [0.4, 0.5) is 5.69 Å². The molecule has 2 fully saturated rings. The molecule has 2 unspecified atom stereocenters. The molecule has 2 aliphatic rings. The number of nitrogens with zero attached hydrogens (tertiary/aromatic N) is 1. The minimum Gasteiger partial charge on any atom is -0.493 e. The van der Waals surface area contributed by atoms with E-state index in [1.165, 1.54) is 5.56 Å². The standard InChI is InChI=1S/C26H32N4O5/c1-15-16(2)29-20-6-5-17(9-18(15)20)35-26(27)19-10-22(31-4)23(11-21(19)28-3)32-8-7-30-12-24-25(13-30)34-14-33-24/h5-6,9-11,24-25,27-29H,7-8,12-14H2,1-4H3. The summed E-state index contributed by atoms with van der Waals surface area (Å²) in [6, 6.07) is 9.41. The molecule has 0 amide bonds. The Morgan fingerprint density at radius 3 is 2.63 bits per heavy atom. The van der Waals surface area contributed by atoms with E-state index >= 15 is 0 Å². The first-order valence-electron chi connectivity index (χ1n) is 11.8. The third-order valence-electron chi connectivity index (χ3n) is 6.84. The zero-order valence-electron chi connectivity index (χ0n) is 20.6. The second-order valence-electron chi connectivity index (χ2n) is 8.95. The summed E-state index contributed by atoms with van der Waals surface area (Å²) in [6.45, 7) is 7.49. The first kappa shape index (κ1) is 23.5. The lowest BCUT2D eigenvalue weighted by atomic mass is 10.1. The second-order valence-corrected chi connectivity index (χ2v) is 8.95. The Hall–Kier alpha value is -3.27. The number of nitrogens with one attached hydrogen (secondary N) is 3. The van der Waals surface area contributed by atoms with Gasteiger partial charge in [-0.25, -0.2) is 0 Å². The van der Waals surface area contributed by atoms with Gasteiger partial charge in [0.15, 0.2) is 11.5 Å². The molecule has 0 aliphatic carbocycles. The van der Waals surface area contributed by atoms with Crippen LogP contribution in [0.5, 0.6) is 17.2 Å². The third kappa shape index (κ3) is 4.67. The normalized spacial score (nSPS) is 19.7. The summed E-state index contributed by atoms with van der Waals surface area (Å²) in [5.41, 5.74) is 4.65. The minimum absolute atomic E-state index is 0.0204. The largest absolute Gasteiger partial charge is 0.493 e. The molecule has 0 bridgehead atoms. The molecule has 35 heavy (non-hydrogen) atoms. The van der Waals surface area contributed by atoms with Gasteiger partial charge in [0.25, 0.3) is 0 Å². The first-order valence-corrected chi connectivity index (χ1v) is 11.8. The molecule has 2 saturated heterocycles. The van der Waals surface area contributed by atoms with Crippen LogP contribution in [0.2, 0.25) is 0 Å². The zero-order chi connectivity index (χ0) is 24.5. The Morgan fingerprint density at radius 1 is 1.14 bits per heavy atom. The van der Waals surface area contributed by atoms with Crippen molar-refractivity contribution in [1.82, 2.24) is 9.88 Å². The van der Waals surface area contributed by atoms with Crippen LogP contribution >= 0.6 is 0 Å². The van der Waals surface area contributed by atoms with Crippen molar-refractivity contribution in [1.29, 1.82) is 5.41 Å². The number of anilines is 1.